The lowest BCUT2D eigenvalue weighted by Crippen LogP contribution is -2.52. The normalized spacial score (nSPS) is 29.7. The number of benzene rings is 1. The highest BCUT2D eigenvalue weighted by atomic mass is 19.1. The fourth-order valence-corrected chi connectivity index (χ4v) is 2.19. The van der Waals surface area contributed by atoms with Crippen LogP contribution in [0.15, 0.2) is 24.3 Å². The van der Waals surface area contributed by atoms with E-state index in [-0.39, 0.29) is 5.54 Å². The quantitative estimate of drug-likeness (QED) is 0.824. The van der Waals surface area contributed by atoms with E-state index in [2.05, 4.69) is 5.32 Å². The molecular weight excluding hydrogens is 193 g/mol. The molecule has 0 aliphatic heterocycles. The van der Waals surface area contributed by atoms with E-state index in [9.17, 15) is 4.39 Å². The Balaban J connectivity index is 2.21. The third-order valence-corrected chi connectivity index (χ3v) is 3.26. The van der Waals surface area contributed by atoms with Gasteiger partial charge in [0.2, 0.25) is 0 Å². The van der Waals surface area contributed by atoms with Crippen LogP contribution in [0.5, 0.6) is 5.75 Å². The molecule has 0 spiro atoms. The molecule has 0 bridgehead atoms. The summed E-state index contributed by atoms with van der Waals surface area (Å²) < 4.78 is 18.1. The molecule has 0 atom stereocenters. The van der Waals surface area contributed by atoms with Crippen molar-refractivity contribution in [2.24, 2.45) is 0 Å². The van der Waals surface area contributed by atoms with Gasteiger partial charge in [-0.1, -0.05) is 12.1 Å². The van der Waals surface area contributed by atoms with Crippen molar-refractivity contribution in [1.29, 1.82) is 0 Å². The number of nitrogens with one attached hydrogen (secondary N) is 1. The van der Waals surface area contributed by atoms with Gasteiger partial charge < -0.3 is 10.1 Å². The second-order valence-corrected chi connectivity index (χ2v) is 4.07. The third kappa shape index (κ3) is 1.72. The fraction of sp³-hybridized carbons (Fsp3) is 0.500. The molecule has 0 unspecified atom stereocenters. The SMILES string of the molecule is CNC1(c2ccc(OC)cc2)CC(F)C1. The molecule has 0 saturated heterocycles. The van der Waals surface area contributed by atoms with Gasteiger partial charge in [0, 0.05) is 18.4 Å². The van der Waals surface area contributed by atoms with Crippen molar-refractivity contribution in [3.63, 3.8) is 0 Å². The zero-order valence-electron chi connectivity index (χ0n) is 9.09. The minimum absolute atomic E-state index is 0.161. The molecule has 0 heterocycles. The predicted octanol–water partition coefficient (Wildman–Crippen LogP) is 2.24. The van der Waals surface area contributed by atoms with Crippen LogP contribution in [-0.2, 0) is 5.54 Å². The number of methoxy groups -OCH3 is 1. The molecule has 1 aromatic rings. The van der Waals surface area contributed by atoms with Crippen LogP contribution >= 0.6 is 0 Å². The molecule has 1 fully saturated rings. The topological polar surface area (TPSA) is 21.3 Å². The molecule has 1 saturated carbocycles. The maximum Gasteiger partial charge on any atom is 0.118 e. The first kappa shape index (κ1) is 10.4. The second-order valence-electron chi connectivity index (χ2n) is 4.07. The smallest absolute Gasteiger partial charge is 0.118 e. The summed E-state index contributed by atoms with van der Waals surface area (Å²) in [5, 5.41) is 3.22. The van der Waals surface area contributed by atoms with Gasteiger partial charge in [-0.15, -0.1) is 0 Å². The zero-order valence-corrected chi connectivity index (χ0v) is 9.09. The Labute approximate surface area is 89.4 Å². The Morgan fingerprint density at radius 2 is 1.93 bits per heavy atom. The van der Waals surface area contributed by atoms with Gasteiger partial charge in [0.1, 0.15) is 11.9 Å². The molecule has 82 valence electrons. The summed E-state index contributed by atoms with van der Waals surface area (Å²) >= 11 is 0. The van der Waals surface area contributed by atoms with Crippen molar-refractivity contribution in [1.82, 2.24) is 5.32 Å². The second kappa shape index (κ2) is 3.81. The summed E-state index contributed by atoms with van der Waals surface area (Å²) in [5.74, 6) is 0.834. The van der Waals surface area contributed by atoms with Gasteiger partial charge in [-0.3, -0.25) is 0 Å². The lowest BCUT2D eigenvalue weighted by atomic mass is 9.70. The average Bonchev–Trinajstić information content (AvgIpc) is 2.25. The van der Waals surface area contributed by atoms with E-state index in [4.69, 9.17) is 4.74 Å². The molecule has 1 aliphatic rings. The summed E-state index contributed by atoms with van der Waals surface area (Å²) in [7, 11) is 3.53. The van der Waals surface area contributed by atoms with E-state index < -0.39 is 6.17 Å². The Morgan fingerprint density at radius 1 is 1.33 bits per heavy atom. The van der Waals surface area contributed by atoms with E-state index >= 15 is 0 Å². The Hall–Kier alpha value is -1.09. The van der Waals surface area contributed by atoms with E-state index in [1.165, 1.54) is 0 Å². The zero-order chi connectivity index (χ0) is 10.9. The molecule has 2 rings (SSSR count). The minimum Gasteiger partial charge on any atom is -0.497 e. The van der Waals surface area contributed by atoms with E-state index in [0.717, 1.165) is 11.3 Å². The van der Waals surface area contributed by atoms with Crippen molar-refractivity contribution >= 4 is 0 Å². The maximum atomic E-state index is 13.0. The molecule has 0 radical (unpaired) electrons. The van der Waals surface area contributed by atoms with Gasteiger partial charge >= 0.3 is 0 Å². The Morgan fingerprint density at radius 3 is 2.33 bits per heavy atom. The van der Waals surface area contributed by atoms with E-state index in [1.54, 1.807) is 7.11 Å². The lowest BCUT2D eigenvalue weighted by molar-refractivity contribution is 0.0717. The molecule has 1 aromatic carbocycles. The standard InChI is InChI=1S/C12H16FNO/c1-14-12(7-10(13)8-12)9-3-5-11(15-2)6-4-9/h3-6,10,14H,7-8H2,1-2H3. The van der Waals surface area contributed by atoms with Crippen LogP contribution in [0, 0.1) is 0 Å². The van der Waals surface area contributed by atoms with Crippen LogP contribution in [0.2, 0.25) is 0 Å². The highest BCUT2D eigenvalue weighted by Crippen LogP contribution is 2.43. The number of ether oxygens (including phenoxy) is 1. The van der Waals surface area contributed by atoms with Gasteiger partial charge in [0.15, 0.2) is 0 Å². The Bertz CT molecular complexity index is 330. The van der Waals surface area contributed by atoms with Crippen molar-refractivity contribution in [2.75, 3.05) is 14.2 Å². The molecule has 0 amide bonds. The first-order valence-corrected chi connectivity index (χ1v) is 5.18. The van der Waals surface area contributed by atoms with Crippen molar-refractivity contribution in [3.8, 4) is 5.75 Å². The number of halogens is 1. The Kier molecular flexibility index (Phi) is 2.65. The molecule has 0 aromatic heterocycles. The first-order chi connectivity index (χ1) is 7.20. The average molecular weight is 209 g/mol. The van der Waals surface area contributed by atoms with Gasteiger partial charge in [0.25, 0.3) is 0 Å². The monoisotopic (exact) mass is 209 g/mol. The highest BCUT2D eigenvalue weighted by molar-refractivity contribution is 5.34. The van der Waals surface area contributed by atoms with Crippen LogP contribution in [0.3, 0.4) is 0 Å². The van der Waals surface area contributed by atoms with Crippen molar-refractivity contribution in [3.05, 3.63) is 29.8 Å². The highest BCUT2D eigenvalue weighted by Gasteiger charge is 2.44. The molecular formula is C12H16FNO. The minimum atomic E-state index is -0.667. The van der Waals surface area contributed by atoms with Crippen LogP contribution in [-0.4, -0.2) is 20.3 Å². The first-order valence-electron chi connectivity index (χ1n) is 5.18. The molecule has 2 nitrogen and oxygen atoms in total. The summed E-state index contributed by atoms with van der Waals surface area (Å²) in [6.45, 7) is 0. The number of hydrogen-bond acceptors (Lipinski definition) is 2. The van der Waals surface area contributed by atoms with Crippen molar-refractivity contribution in [2.45, 2.75) is 24.6 Å². The van der Waals surface area contributed by atoms with E-state index in [0.29, 0.717) is 12.8 Å². The van der Waals surface area contributed by atoms with Gasteiger partial charge in [0.05, 0.1) is 7.11 Å². The van der Waals surface area contributed by atoms with Crippen molar-refractivity contribution < 1.29 is 9.13 Å². The van der Waals surface area contributed by atoms with Crippen LogP contribution in [0.1, 0.15) is 18.4 Å². The van der Waals surface area contributed by atoms with Crippen LogP contribution in [0.25, 0.3) is 0 Å². The summed E-state index contributed by atoms with van der Waals surface area (Å²) in [4.78, 5) is 0. The largest absolute Gasteiger partial charge is 0.497 e. The van der Waals surface area contributed by atoms with Crippen LogP contribution < -0.4 is 10.1 Å². The third-order valence-electron chi connectivity index (χ3n) is 3.26. The van der Waals surface area contributed by atoms with Gasteiger partial charge in [-0.05, 0) is 24.7 Å². The predicted molar refractivity (Wildman–Crippen MR) is 57.9 cm³/mol. The molecule has 15 heavy (non-hydrogen) atoms. The summed E-state index contributed by atoms with van der Waals surface area (Å²) in [5.41, 5.74) is 0.978. The van der Waals surface area contributed by atoms with Crippen LogP contribution in [0.4, 0.5) is 4.39 Å². The summed E-state index contributed by atoms with van der Waals surface area (Å²) in [6, 6.07) is 7.84. The van der Waals surface area contributed by atoms with Gasteiger partial charge in [-0.2, -0.15) is 0 Å². The summed E-state index contributed by atoms with van der Waals surface area (Å²) in [6.07, 6.45) is 0.464. The fourth-order valence-electron chi connectivity index (χ4n) is 2.19. The number of hydrogen-bond donors (Lipinski definition) is 1. The molecule has 1 aliphatic carbocycles. The molecule has 3 heteroatoms. The van der Waals surface area contributed by atoms with Gasteiger partial charge in [-0.25, -0.2) is 4.39 Å². The van der Waals surface area contributed by atoms with E-state index in [1.807, 2.05) is 31.3 Å². The number of rotatable bonds is 3. The number of alkyl halides is 1. The molecule has 1 N–H and O–H groups in total. The lowest BCUT2D eigenvalue weighted by Gasteiger charge is -2.44. The maximum absolute atomic E-state index is 13.0.